The molecule has 2 aliphatic rings. The second kappa shape index (κ2) is 8.07. The molecule has 1 amide bonds. The minimum absolute atomic E-state index is 0.153. The summed E-state index contributed by atoms with van der Waals surface area (Å²) < 4.78 is 2.32. The summed E-state index contributed by atoms with van der Waals surface area (Å²) in [7, 11) is 0. The maximum atomic E-state index is 13.3. The first-order chi connectivity index (χ1) is 12.8. The normalized spacial score (nSPS) is 18.5. The van der Waals surface area contributed by atoms with E-state index in [4.69, 9.17) is 4.98 Å². The van der Waals surface area contributed by atoms with Gasteiger partial charge in [-0.2, -0.15) is 0 Å². The van der Waals surface area contributed by atoms with Gasteiger partial charge in [-0.05, 0) is 32.1 Å². The van der Waals surface area contributed by atoms with Gasteiger partial charge in [-0.3, -0.25) is 4.79 Å². The maximum Gasteiger partial charge on any atom is 0.274 e. The zero-order valence-electron chi connectivity index (χ0n) is 15.6. The highest BCUT2D eigenvalue weighted by Gasteiger charge is 2.27. The Kier molecular flexibility index (Phi) is 5.37. The monoisotopic (exact) mass is 351 g/mol. The van der Waals surface area contributed by atoms with Crippen molar-refractivity contribution in [1.29, 1.82) is 0 Å². The van der Waals surface area contributed by atoms with Gasteiger partial charge in [0.2, 0.25) is 0 Å². The van der Waals surface area contributed by atoms with Crippen molar-refractivity contribution in [3.63, 3.8) is 0 Å². The van der Waals surface area contributed by atoms with Crippen LogP contribution in [-0.4, -0.2) is 33.4 Å². The largest absolute Gasteiger partial charge is 0.337 e. The molecule has 0 aliphatic carbocycles. The third kappa shape index (κ3) is 3.55. The van der Waals surface area contributed by atoms with Gasteiger partial charge in [0.25, 0.3) is 5.91 Å². The van der Waals surface area contributed by atoms with Crippen LogP contribution < -0.4 is 0 Å². The molecule has 1 aromatic carbocycles. The van der Waals surface area contributed by atoms with Gasteiger partial charge in [0.05, 0.1) is 5.69 Å². The molecule has 4 heteroatoms. The number of imidazole rings is 1. The molecule has 0 N–H and O–H groups in total. The Labute approximate surface area is 156 Å². The summed E-state index contributed by atoms with van der Waals surface area (Å²) in [5.74, 6) is 1.12. The van der Waals surface area contributed by atoms with Gasteiger partial charge in [0.1, 0.15) is 11.5 Å². The molecule has 0 saturated carbocycles. The van der Waals surface area contributed by atoms with E-state index < -0.39 is 0 Å². The Bertz CT molecular complexity index is 742. The topological polar surface area (TPSA) is 38.1 Å². The zero-order valence-corrected chi connectivity index (χ0v) is 15.6. The summed E-state index contributed by atoms with van der Waals surface area (Å²) in [5, 5.41) is 0. The number of hydrogen-bond acceptors (Lipinski definition) is 2. The second-order valence-electron chi connectivity index (χ2n) is 7.62. The Hall–Kier alpha value is -2.10. The highest BCUT2D eigenvalue weighted by molar-refractivity contribution is 5.94. The van der Waals surface area contributed by atoms with Crippen molar-refractivity contribution in [1.82, 2.24) is 14.5 Å². The lowest BCUT2D eigenvalue weighted by Crippen LogP contribution is -2.34. The molecule has 0 atom stereocenters. The van der Waals surface area contributed by atoms with Crippen molar-refractivity contribution < 1.29 is 4.79 Å². The molecule has 2 aliphatic heterocycles. The third-order valence-electron chi connectivity index (χ3n) is 5.75. The Morgan fingerprint density at radius 2 is 1.46 bits per heavy atom. The number of nitrogens with zero attached hydrogens (tertiary/aromatic N) is 3. The smallest absolute Gasteiger partial charge is 0.274 e. The summed E-state index contributed by atoms with van der Waals surface area (Å²) in [6.45, 7) is 2.73. The molecule has 1 fully saturated rings. The molecular formula is C22H29N3O. The van der Waals surface area contributed by atoms with Crippen LogP contribution in [0.25, 0.3) is 11.4 Å². The van der Waals surface area contributed by atoms with Crippen molar-refractivity contribution in [2.75, 3.05) is 13.1 Å². The van der Waals surface area contributed by atoms with E-state index in [1.807, 2.05) is 18.2 Å². The van der Waals surface area contributed by atoms with Crippen LogP contribution in [0.5, 0.6) is 0 Å². The number of hydrogen-bond donors (Lipinski definition) is 0. The SMILES string of the molecule is O=C(c1nc(-c2ccccc2)n2c1CCCCC2)N1CCCCCCC1. The summed E-state index contributed by atoms with van der Waals surface area (Å²) in [6, 6.07) is 10.3. The van der Waals surface area contributed by atoms with Crippen molar-refractivity contribution >= 4 is 5.91 Å². The van der Waals surface area contributed by atoms with Gasteiger partial charge in [-0.1, -0.05) is 56.0 Å². The van der Waals surface area contributed by atoms with E-state index in [-0.39, 0.29) is 5.91 Å². The Morgan fingerprint density at radius 3 is 2.23 bits per heavy atom. The molecule has 3 heterocycles. The number of aromatic nitrogens is 2. The van der Waals surface area contributed by atoms with E-state index in [0.717, 1.165) is 62.4 Å². The minimum atomic E-state index is 0.153. The first-order valence-electron chi connectivity index (χ1n) is 10.3. The number of amides is 1. The predicted octanol–water partition coefficient (Wildman–Crippen LogP) is 4.68. The van der Waals surface area contributed by atoms with Crippen LogP contribution in [0.3, 0.4) is 0 Å². The number of likely N-dealkylation sites (tertiary alicyclic amines) is 1. The summed E-state index contributed by atoms with van der Waals surface area (Å²) in [4.78, 5) is 20.3. The van der Waals surface area contributed by atoms with E-state index in [1.54, 1.807) is 0 Å². The molecule has 0 spiro atoms. The van der Waals surface area contributed by atoms with Crippen LogP contribution >= 0.6 is 0 Å². The molecule has 1 aromatic heterocycles. The fourth-order valence-electron chi connectivity index (χ4n) is 4.30. The summed E-state index contributed by atoms with van der Waals surface area (Å²) in [6.07, 6.45) is 10.5. The lowest BCUT2D eigenvalue weighted by atomic mass is 10.1. The van der Waals surface area contributed by atoms with Crippen molar-refractivity contribution in [2.24, 2.45) is 0 Å². The molecule has 4 nitrogen and oxygen atoms in total. The lowest BCUT2D eigenvalue weighted by Gasteiger charge is -2.24. The van der Waals surface area contributed by atoms with Crippen molar-refractivity contribution in [3.05, 3.63) is 41.7 Å². The van der Waals surface area contributed by atoms with E-state index in [0.29, 0.717) is 5.69 Å². The molecule has 138 valence electrons. The van der Waals surface area contributed by atoms with E-state index in [1.165, 1.54) is 32.1 Å². The van der Waals surface area contributed by atoms with Gasteiger partial charge in [-0.15, -0.1) is 0 Å². The van der Waals surface area contributed by atoms with Gasteiger partial charge in [0, 0.05) is 25.2 Å². The zero-order chi connectivity index (χ0) is 17.8. The predicted molar refractivity (Wildman–Crippen MR) is 104 cm³/mol. The van der Waals surface area contributed by atoms with Crippen LogP contribution in [0.2, 0.25) is 0 Å². The second-order valence-corrected chi connectivity index (χ2v) is 7.62. The van der Waals surface area contributed by atoms with Crippen LogP contribution in [0, 0.1) is 0 Å². The molecule has 4 rings (SSSR count). The lowest BCUT2D eigenvalue weighted by molar-refractivity contribution is 0.0735. The van der Waals surface area contributed by atoms with E-state index >= 15 is 0 Å². The summed E-state index contributed by atoms with van der Waals surface area (Å²) >= 11 is 0. The quantitative estimate of drug-likeness (QED) is 0.788. The fraction of sp³-hybridized carbons (Fsp3) is 0.545. The van der Waals surface area contributed by atoms with Gasteiger partial charge in [0.15, 0.2) is 0 Å². The number of fused-ring (bicyclic) bond motifs is 1. The van der Waals surface area contributed by atoms with Crippen LogP contribution in [-0.2, 0) is 13.0 Å². The van der Waals surface area contributed by atoms with Gasteiger partial charge >= 0.3 is 0 Å². The Morgan fingerprint density at radius 1 is 0.808 bits per heavy atom. The van der Waals surface area contributed by atoms with Crippen LogP contribution in [0.1, 0.15) is 67.5 Å². The highest BCUT2D eigenvalue weighted by Crippen LogP contribution is 2.28. The maximum absolute atomic E-state index is 13.3. The van der Waals surface area contributed by atoms with E-state index in [2.05, 4.69) is 21.6 Å². The van der Waals surface area contributed by atoms with Crippen LogP contribution in [0.4, 0.5) is 0 Å². The van der Waals surface area contributed by atoms with Crippen molar-refractivity contribution in [2.45, 2.75) is 64.3 Å². The van der Waals surface area contributed by atoms with Gasteiger partial charge in [-0.25, -0.2) is 4.98 Å². The molecule has 2 aromatic rings. The number of carbonyl (C=O) groups excluding carboxylic acids is 1. The summed E-state index contributed by atoms with van der Waals surface area (Å²) in [5.41, 5.74) is 2.99. The minimum Gasteiger partial charge on any atom is -0.337 e. The number of rotatable bonds is 2. The third-order valence-corrected chi connectivity index (χ3v) is 5.75. The number of carbonyl (C=O) groups is 1. The van der Waals surface area contributed by atoms with Crippen molar-refractivity contribution in [3.8, 4) is 11.4 Å². The highest BCUT2D eigenvalue weighted by atomic mass is 16.2. The first-order valence-corrected chi connectivity index (χ1v) is 10.3. The molecule has 0 unspecified atom stereocenters. The first kappa shape index (κ1) is 17.3. The average molecular weight is 351 g/mol. The molecular weight excluding hydrogens is 322 g/mol. The number of benzene rings is 1. The Balaban J connectivity index is 1.71. The van der Waals surface area contributed by atoms with Gasteiger partial charge < -0.3 is 9.47 Å². The van der Waals surface area contributed by atoms with Crippen LogP contribution in [0.15, 0.2) is 30.3 Å². The van der Waals surface area contributed by atoms with E-state index in [9.17, 15) is 4.79 Å². The molecule has 0 radical (unpaired) electrons. The standard InChI is InChI=1S/C22H29N3O/c26-22(24-15-9-2-1-3-10-16-24)20-19-14-8-5-11-17-25(19)21(23-20)18-12-6-4-7-13-18/h4,6-7,12-13H,1-3,5,8-11,14-17H2. The molecule has 0 bridgehead atoms. The molecule has 26 heavy (non-hydrogen) atoms. The fourth-order valence-corrected chi connectivity index (χ4v) is 4.30. The average Bonchev–Trinajstić information content (AvgIpc) is 2.83. The molecule has 1 saturated heterocycles.